The Kier molecular flexibility index (Phi) is 3.81. The van der Waals surface area contributed by atoms with Gasteiger partial charge in [-0.1, -0.05) is 17.7 Å². The van der Waals surface area contributed by atoms with Crippen LogP contribution in [0.1, 0.15) is 21.7 Å². The number of carboxylic acids is 1. The number of carboxylic acid groups (broad SMARTS) is 1. The fourth-order valence-corrected chi connectivity index (χ4v) is 3.49. The first-order valence-electron chi connectivity index (χ1n) is 7.14. The zero-order valence-corrected chi connectivity index (χ0v) is 13.8. The second-order valence-corrected chi connectivity index (χ2v) is 7.17. The van der Waals surface area contributed by atoms with Crippen LogP contribution < -0.4 is 4.72 Å². The van der Waals surface area contributed by atoms with Crippen LogP contribution in [0.3, 0.4) is 0 Å². The molecule has 124 valence electrons. The van der Waals surface area contributed by atoms with Crippen molar-refractivity contribution in [2.45, 2.75) is 18.7 Å². The molecular formula is C17H15NO5S. The highest BCUT2D eigenvalue weighted by atomic mass is 32.2. The first-order valence-corrected chi connectivity index (χ1v) is 8.62. The SMILES string of the molecule is Cc1ccc(NS(=O)(=O)c2ccc3oc(C(=O)O)c(C)c3c2)cc1. The van der Waals surface area contributed by atoms with Gasteiger partial charge in [0.1, 0.15) is 5.58 Å². The molecule has 7 heteroatoms. The van der Waals surface area contributed by atoms with E-state index < -0.39 is 16.0 Å². The summed E-state index contributed by atoms with van der Waals surface area (Å²) in [5.74, 6) is -1.38. The first kappa shape index (κ1) is 16.1. The molecule has 0 radical (unpaired) electrons. The van der Waals surface area contributed by atoms with Gasteiger partial charge in [0, 0.05) is 16.6 Å². The molecule has 0 bridgehead atoms. The normalized spacial score (nSPS) is 11.6. The van der Waals surface area contributed by atoms with Crippen LogP contribution in [0.15, 0.2) is 51.8 Å². The van der Waals surface area contributed by atoms with Crippen LogP contribution >= 0.6 is 0 Å². The molecule has 0 amide bonds. The van der Waals surface area contributed by atoms with Gasteiger partial charge in [-0.15, -0.1) is 0 Å². The molecule has 2 aromatic carbocycles. The van der Waals surface area contributed by atoms with Gasteiger partial charge in [0.05, 0.1) is 4.90 Å². The molecule has 0 unspecified atom stereocenters. The van der Waals surface area contributed by atoms with E-state index in [2.05, 4.69) is 4.72 Å². The van der Waals surface area contributed by atoms with E-state index in [1.54, 1.807) is 31.2 Å². The lowest BCUT2D eigenvalue weighted by Crippen LogP contribution is -2.12. The summed E-state index contributed by atoms with van der Waals surface area (Å²) in [5, 5.41) is 9.55. The van der Waals surface area contributed by atoms with Crippen molar-refractivity contribution in [1.29, 1.82) is 0 Å². The summed E-state index contributed by atoms with van der Waals surface area (Å²) < 4.78 is 32.8. The van der Waals surface area contributed by atoms with Gasteiger partial charge in [-0.3, -0.25) is 4.72 Å². The van der Waals surface area contributed by atoms with Gasteiger partial charge in [0.2, 0.25) is 5.76 Å². The molecule has 3 rings (SSSR count). The Labute approximate surface area is 138 Å². The van der Waals surface area contributed by atoms with Crippen LogP contribution in [0.2, 0.25) is 0 Å². The van der Waals surface area contributed by atoms with Crippen LogP contribution in [0.4, 0.5) is 5.69 Å². The van der Waals surface area contributed by atoms with Crippen molar-refractivity contribution in [2.75, 3.05) is 4.72 Å². The first-order chi connectivity index (χ1) is 11.3. The fourth-order valence-electron chi connectivity index (χ4n) is 2.41. The molecule has 24 heavy (non-hydrogen) atoms. The summed E-state index contributed by atoms with van der Waals surface area (Å²) in [6.45, 7) is 3.49. The molecule has 0 saturated carbocycles. The van der Waals surface area contributed by atoms with Gasteiger partial charge in [-0.2, -0.15) is 0 Å². The standard InChI is InChI=1S/C17H15NO5S/c1-10-3-5-12(6-4-10)18-24(21,22)13-7-8-15-14(9-13)11(2)16(23-15)17(19)20/h3-9,18H,1-2H3,(H,19,20). The van der Waals surface area contributed by atoms with Crippen LogP contribution in [-0.4, -0.2) is 19.5 Å². The van der Waals surface area contributed by atoms with Crippen molar-refractivity contribution in [3.8, 4) is 0 Å². The van der Waals surface area contributed by atoms with Crippen LogP contribution in [-0.2, 0) is 10.0 Å². The average Bonchev–Trinajstić information content (AvgIpc) is 2.86. The number of sulfonamides is 1. The molecule has 0 saturated heterocycles. The largest absolute Gasteiger partial charge is 0.475 e. The Morgan fingerprint density at radius 2 is 1.75 bits per heavy atom. The molecular weight excluding hydrogens is 330 g/mol. The van der Waals surface area contributed by atoms with E-state index in [0.717, 1.165) is 5.56 Å². The Hall–Kier alpha value is -2.80. The van der Waals surface area contributed by atoms with Gasteiger partial charge >= 0.3 is 5.97 Å². The maximum atomic E-state index is 12.5. The van der Waals surface area contributed by atoms with E-state index in [4.69, 9.17) is 9.52 Å². The summed E-state index contributed by atoms with van der Waals surface area (Å²) in [6, 6.07) is 11.2. The number of furan rings is 1. The molecule has 0 atom stereocenters. The number of hydrogen-bond acceptors (Lipinski definition) is 4. The van der Waals surface area contributed by atoms with Gasteiger partial charge in [0.25, 0.3) is 10.0 Å². The second-order valence-electron chi connectivity index (χ2n) is 5.49. The number of hydrogen-bond donors (Lipinski definition) is 2. The Balaban J connectivity index is 2.03. The highest BCUT2D eigenvalue weighted by Gasteiger charge is 2.20. The number of aromatic carboxylic acids is 1. The maximum Gasteiger partial charge on any atom is 0.372 e. The number of anilines is 1. The number of aryl methyl sites for hydroxylation is 2. The zero-order chi connectivity index (χ0) is 17.5. The molecule has 1 heterocycles. The summed E-state index contributed by atoms with van der Waals surface area (Å²) in [7, 11) is -3.78. The topological polar surface area (TPSA) is 96.6 Å². The van der Waals surface area contributed by atoms with E-state index in [1.165, 1.54) is 18.2 Å². The van der Waals surface area contributed by atoms with E-state index >= 15 is 0 Å². The van der Waals surface area contributed by atoms with Gasteiger partial charge < -0.3 is 9.52 Å². The molecule has 0 aliphatic heterocycles. The molecule has 6 nitrogen and oxygen atoms in total. The van der Waals surface area contributed by atoms with E-state index in [9.17, 15) is 13.2 Å². The minimum Gasteiger partial charge on any atom is -0.475 e. The molecule has 3 aromatic rings. The van der Waals surface area contributed by atoms with Crippen molar-refractivity contribution in [3.05, 3.63) is 59.4 Å². The molecule has 1 aromatic heterocycles. The lowest BCUT2D eigenvalue weighted by atomic mass is 10.1. The Morgan fingerprint density at radius 1 is 1.08 bits per heavy atom. The molecule has 0 fully saturated rings. The van der Waals surface area contributed by atoms with Gasteiger partial charge in [-0.05, 0) is 44.2 Å². The number of benzene rings is 2. The predicted molar refractivity (Wildman–Crippen MR) is 89.9 cm³/mol. The number of nitrogens with one attached hydrogen (secondary N) is 1. The van der Waals surface area contributed by atoms with E-state index in [-0.39, 0.29) is 10.7 Å². The summed E-state index contributed by atoms with van der Waals surface area (Å²) in [4.78, 5) is 11.2. The van der Waals surface area contributed by atoms with E-state index in [0.29, 0.717) is 22.2 Å². The number of rotatable bonds is 4. The Morgan fingerprint density at radius 3 is 2.38 bits per heavy atom. The minimum absolute atomic E-state index is 0.0383. The maximum absolute atomic E-state index is 12.5. The van der Waals surface area contributed by atoms with Crippen LogP contribution in [0.5, 0.6) is 0 Å². The molecule has 0 aliphatic carbocycles. The van der Waals surface area contributed by atoms with Crippen molar-refractivity contribution in [2.24, 2.45) is 0 Å². The van der Waals surface area contributed by atoms with Crippen LogP contribution in [0, 0.1) is 13.8 Å². The number of carbonyl (C=O) groups is 1. The highest BCUT2D eigenvalue weighted by Crippen LogP contribution is 2.28. The third-order valence-electron chi connectivity index (χ3n) is 3.72. The fraction of sp³-hybridized carbons (Fsp3) is 0.118. The quantitative estimate of drug-likeness (QED) is 0.754. The Bertz CT molecular complexity index is 1030. The third kappa shape index (κ3) is 2.85. The zero-order valence-electron chi connectivity index (χ0n) is 13.0. The van der Waals surface area contributed by atoms with Crippen molar-refractivity contribution in [3.63, 3.8) is 0 Å². The van der Waals surface area contributed by atoms with Gasteiger partial charge in [-0.25, -0.2) is 13.2 Å². The summed E-state index contributed by atoms with van der Waals surface area (Å²) in [6.07, 6.45) is 0. The molecule has 0 aliphatic rings. The molecule has 0 spiro atoms. The van der Waals surface area contributed by atoms with Crippen molar-refractivity contribution in [1.82, 2.24) is 0 Å². The summed E-state index contributed by atoms with van der Waals surface area (Å²) >= 11 is 0. The lowest BCUT2D eigenvalue weighted by Gasteiger charge is -2.08. The minimum atomic E-state index is -3.78. The predicted octanol–water partition coefficient (Wildman–Crippen LogP) is 3.55. The van der Waals surface area contributed by atoms with E-state index in [1.807, 2.05) is 6.92 Å². The second kappa shape index (κ2) is 5.68. The van der Waals surface area contributed by atoms with Crippen LogP contribution in [0.25, 0.3) is 11.0 Å². The van der Waals surface area contributed by atoms with Gasteiger partial charge in [0.15, 0.2) is 0 Å². The van der Waals surface area contributed by atoms with Crippen molar-refractivity contribution < 1.29 is 22.7 Å². The lowest BCUT2D eigenvalue weighted by molar-refractivity contribution is 0.0664. The monoisotopic (exact) mass is 345 g/mol. The smallest absolute Gasteiger partial charge is 0.372 e. The third-order valence-corrected chi connectivity index (χ3v) is 5.09. The molecule has 2 N–H and O–H groups in total. The van der Waals surface area contributed by atoms with Crippen molar-refractivity contribution >= 4 is 32.6 Å². The summed E-state index contributed by atoms with van der Waals surface area (Å²) in [5.41, 5.74) is 2.20. The number of fused-ring (bicyclic) bond motifs is 1. The average molecular weight is 345 g/mol. The highest BCUT2D eigenvalue weighted by molar-refractivity contribution is 7.92.